The number of carboxylic acids is 1. The average Bonchev–Trinajstić information content (AvgIpc) is 3.49. The van der Waals surface area contributed by atoms with Crippen molar-refractivity contribution in [2.45, 2.75) is 63.5 Å². The number of likely N-dealkylation sites (tertiary alicyclic amines) is 1. The molecule has 1 spiro atoms. The van der Waals surface area contributed by atoms with Gasteiger partial charge in [0.15, 0.2) is 6.61 Å². The fraction of sp³-hybridized carbons (Fsp3) is 0.400. The van der Waals surface area contributed by atoms with Gasteiger partial charge in [0.1, 0.15) is 11.5 Å². The van der Waals surface area contributed by atoms with Crippen LogP contribution in [0.3, 0.4) is 0 Å². The number of oxazole rings is 1. The van der Waals surface area contributed by atoms with E-state index in [1.165, 1.54) is 31.2 Å². The van der Waals surface area contributed by atoms with Crippen molar-refractivity contribution < 1.29 is 19.1 Å². The molecule has 2 aliphatic rings. The standard InChI is InChI=1S/C30H32N2O4/c1-2-5-24(18-29(33)34)22-8-10-25(11-9-22)35-21-28-31-19-26(36-28)20-32-16-14-30(15-17-32)13-12-23-6-3-4-7-27(23)30/h3-4,6-11,19,24H,12-18,20-21H2,1H3,(H,33,34)/t24-/m0/s1. The van der Waals surface area contributed by atoms with Crippen molar-refractivity contribution in [2.24, 2.45) is 0 Å². The molecule has 36 heavy (non-hydrogen) atoms. The van der Waals surface area contributed by atoms with Crippen LogP contribution in [0.5, 0.6) is 5.75 Å². The third-order valence-corrected chi connectivity index (χ3v) is 7.60. The molecule has 0 unspecified atom stereocenters. The number of aromatic nitrogens is 1. The molecule has 0 saturated carbocycles. The van der Waals surface area contributed by atoms with Gasteiger partial charge in [-0.3, -0.25) is 9.69 Å². The molecule has 1 saturated heterocycles. The molecule has 1 aliphatic carbocycles. The fourth-order valence-corrected chi connectivity index (χ4v) is 5.67. The minimum atomic E-state index is -0.865. The maximum absolute atomic E-state index is 11.1. The summed E-state index contributed by atoms with van der Waals surface area (Å²) >= 11 is 0. The van der Waals surface area contributed by atoms with Gasteiger partial charge < -0.3 is 14.3 Å². The summed E-state index contributed by atoms with van der Waals surface area (Å²) in [6, 6.07) is 16.4. The Labute approximate surface area is 212 Å². The van der Waals surface area contributed by atoms with Gasteiger partial charge in [0, 0.05) is 0 Å². The predicted molar refractivity (Wildman–Crippen MR) is 137 cm³/mol. The average molecular weight is 485 g/mol. The number of ether oxygens (including phenoxy) is 1. The third kappa shape index (κ3) is 5.32. The lowest BCUT2D eigenvalue weighted by Crippen LogP contribution is -2.41. The number of nitrogens with zero attached hydrogens (tertiary/aromatic N) is 2. The number of carboxylic acid groups (broad SMARTS) is 1. The SMILES string of the molecule is CC#C[C@@H](CC(=O)O)c1ccc(OCc2ncc(CN3CCC4(CCc5ccccc54)CC3)o2)cc1. The number of hydrogen-bond donors (Lipinski definition) is 1. The second-order valence-electron chi connectivity index (χ2n) is 9.84. The van der Waals surface area contributed by atoms with Crippen molar-refractivity contribution in [3.8, 4) is 17.6 Å². The van der Waals surface area contributed by atoms with Crippen LogP contribution < -0.4 is 4.74 Å². The third-order valence-electron chi connectivity index (χ3n) is 7.60. The maximum Gasteiger partial charge on any atom is 0.304 e. The summed E-state index contributed by atoms with van der Waals surface area (Å²) in [5.41, 5.74) is 4.34. The number of aryl methyl sites for hydroxylation is 1. The topological polar surface area (TPSA) is 75.8 Å². The van der Waals surface area contributed by atoms with Crippen molar-refractivity contribution in [3.05, 3.63) is 83.1 Å². The molecule has 6 heteroatoms. The molecule has 186 valence electrons. The van der Waals surface area contributed by atoms with Crippen LogP contribution in [0.2, 0.25) is 0 Å². The Morgan fingerprint density at radius 3 is 2.69 bits per heavy atom. The fourth-order valence-electron chi connectivity index (χ4n) is 5.67. The first kappa shape index (κ1) is 24.1. The van der Waals surface area contributed by atoms with Gasteiger partial charge in [-0.2, -0.15) is 0 Å². The summed E-state index contributed by atoms with van der Waals surface area (Å²) in [6.45, 7) is 4.86. The smallest absolute Gasteiger partial charge is 0.304 e. The van der Waals surface area contributed by atoms with Gasteiger partial charge >= 0.3 is 5.97 Å². The molecule has 1 atom stereocenters. The van der Waals surface area contributed by atoms with E-state index in [1.54, 1.807) is 18.7 Å². The van der Waals surface area contributed by atoms with Crippen molar-refractivity contribution in [1.82, 2.24) is 9.88 Å². The molecule has 2 heterocycles. The lowest BCUT2D eigenvalue weighted by molar-refractivity contribution is -0.137. The van der Waals surface area contributed by atoms with Gasteiger partial charge in [0.25, 0.3) is 0 Å². The van der Waals surface area contributed by atoms with Crippen molar-refractivity contribution in [3.63, 3.8) is 0 Å². The number of benzene rings is 2. The zero-order valence-corrected chi connectivity index (χ0v) is 20.7. The van der Waals surface area contributed by atoms with Gasteiger partial charge in [0.2, 0.25) is 5.89 Å². The Balaban J connectivity index is 1.12. The summed E-state index contributed by atoms with van der Waals surface area (Å²) in [5, 5.41) is 9.11. The summed E-state index contributed by atoms with van der Waals surface area (Å²) in [4.78, 5) is 18.0. The minimum Gasteiger partial charge on any atom is -0.484 e. The predicted octanol–water partition coefficient (Wildman–Crippen LogP) is 5.32. The Morgan fingerprint density at radius 1 is 1.17 bits per heavy atom. The highest BCUT2D eigenvalue weighted by Crippen LogP contribution is 2.46. The van der Waals surface area contributed by atoms with Crippen molar-refractivity contribution in [2.75, 3.05) is 13.1 Å². The van der Waals surface area contributed by atoms with Crippen LogP contribution in [0.1, 0.15) is 66.9 Å². The molecule has 2 aromatic carbocycles. The summed E-state index contributed by atoms with van der Waals surface area (Å²) in [6.07, 6.45) is 6.65. The van der Waals surface area contributed by atoms with E-state index in [9.17, 15) is 4.79 Å². The van der Waals surface area contributed by atoms with E-state index in [0.717, 1.165) is 31.0 Å². The molecule has 3 aromatic rings. The highest BCUT2D eigenvalue weighted by molar-refractivity contribution is 5.69. The minimum absolute atomic E-state index is 0.0224. The number of piperidine rings is 1. The molecule has 1 aromatic heterocycles. The van der Waals surface area contributed by atoms with Gasteiger partial charge in [-0.1, -0.05) is 42.3 Å². The maximum atomic E-state index is 11.1. The molecule has 1 N–H and O–H groups in total. The summed E-state index contributed by atoms with van der Waals surface area (Å²) < 4.78 is 11.8. The van der Waals surface area contributed by atoms with Gasteiger partial charge in [-0.25, -0.2) is 4.98 Å². The van der Waals surface area contributed by atoms with E-state index in [2.05, 4.69) is 46.0 Å². The van der Waals surface area contributed by atoms with E-state index in [4.69, 9.17) is 14.3 Å². The lowest BCUT2D eigenvalue weighted by atomic mass is 9.74. The molecule has 1 fully saturated rings. The van der Waals surface area contributed by atoms with Crippen LogP contribution in [0.4, 0.5) is 0 Å². The number of aliphatic carboxylic acids is 1. The van der Waals surface area contributed by atoms with E-state index in [1.807, 2.05) is 24.3 Å². The molecule has 0 bridgehead atoms. The molecule has 0 amide bonds. The second-order valence-corrected chi connectivity index (χ2v) is 9.84. The van der Waals surface area contributed by atoms with Crippen LogP contribution >= 0.6 is 0 Å². The Bertz CT molecular complexity index is 1260. The van der Waals surface area contributed by atoms with Crippen LogP contribution in [-0.4, -0.2) is 34.0 Å². The van der Waals surface area contributed by atoms with E-state index >= 15 is 0 Å². The van der Waals surface area contributed by atoms with Crippen LogP contribution in [0.25, 0.3) is 0 Å². The summed E-state index contributed by atoms with van der Waals surface area (Å²) in [5.74, 6) is 6.67. The Kier molecular flexibility index (Phi) is 7.11. The number of fused-ring (bicyclic) bond motifs is 2. The molecular formula is C30H32N2O4. The zero-order valence-electron chi connectivity index (χ0n) is 20.7. The second kappa shape index (κ2) is 10.6. The van der Waals surface area contributed by atoms with Crippen LogP contribution in [0, 0.1) is 11.8 Å². The monoisotopic (exact) mass is 484 g/mol. The van der Waals surface area contributed by atoms with Crippen LogP contribution in [0.15, 0.2) is 59.1 Å². The number of hydrogen-bond acceptors (Lipinski definition) is 5. The van der Waals surface area contributed by atoms with E-state index in [0.29, 0.717) is 17.1 Å². The molecule has 0 radical (unpaired) electrons. The lowest BCUT2D eigenvalue weighted by Gasteiger charge is -2.39. The van der Waals surface area contributed by atoms with Gasteiger partial charge in [-0.05, 0) is 79.9 Å². The molecular weight excluding hydrogens is 452 g/mol. The zero-order chi connectivity index (χ0) is 25.0. The molecule has 6 nitrogen and oxygen atoms in total. The first-order valence-corrected chi connectivity index (χ1v) is 12.7. The highest BCUT2D eigenvalue weighted by Gasteiger charge is 2.40. The first-order valence-electron chi connectivity index (χ1n) is 12.7. The first-order chi connectivity index (χ1) is 17.5. The normalized spacial score (nSPS) is 17.2. The molecule has 5 rings (SSSR count). The van der Waals surface area contributed by atoms with Crippen LogP contribution in [-0.2, 0) is 29.8 Å². The Hall–Kier alpha value is -3.56. The van der Waals surface area contributed by atoms with Crippen molar-refractivity contribution >= 4 is 5.97 Å². The number of rotatable bonds is 8. The van der Waals surface area contributed by atoms with Gasteiger partial charge in [0.05, 0.1) is 25.1 Å². The summed E-state index contributed by atoms with van der Waals surface area (Å²) in [7, 11) is 0. The highest BCUT2D eigenvalue weighted by atomic mass is 16.5. The largest absolute Gasteiger partial charge is 0.484 e. The quantitative estimate of drug-likeness (QED) is 0.437. The van der Waals surface area contributed by atoms with E-state index < -0.39 is 5.97 Å². The van der Waals surface area contributed by atoms with E-state index in [-0.39, 0.29) is 18.9 Å². The number of carbonyl (C=O) groups is 1. The van der Waals surface area contributed by atoms with Gasteiger partial charge in [-0.15, -0.1) is 5.92 Å². The Morgan fingerprint density at radius 2 is 1.94 bits per heavy atom. The van der Waals surface area contributed by atoms with Crippen molar-refractivity contribution in [1.29, 1.82) is 0 Å². The molecule has 1 aliphatic heterocycles.